The second-order valence-corrected chi connectivity index (χ2v) is 6.78. The van der Waals surface area contributed by atoms with Gasteiger partial charge in [-0.25, -0.2) is 4.68 Å². The van der Waals surface area contributed by atoms with Crippen molar-refractivity contribution < 1.29 is 14.2 Å². The highest BCUT2D eigenvalue weighted by molar-refractivity contribution is 5.60. The van der Waals surface area contributed by atoms with Crippen molar-refractivity contribution in [3.8, 4) is 5.75 Å². The SMILES string of the molecule is COc1cccc(N(C)c2cn(CC3OCC(C)(C)CO3)nn2)c1. The molecule has 0 radical (unpaired) electrons. The lowest BCUT2D eigenvalue weighted by molar-refractivity contribution is -0.227. The Balaban J connectivity index is 1.64. The quantitative estimate of drug-likeness (QED) is 0.838. The lowest BCUT2D eigenvalue weighted by atomic mass is 9.96. The van der Waals surface area contributed by atoms with Crippen LogP contribution in [0, 0.1) is 5.41 Å². The van der Waals surface area contributed by atoms with E-state index in [1.807, 2.05) is 42.4 Å². The summed E-state index contributed by atoms with van der Waals surface area (Å²) in [5.41, 5.74) is 1.05. The first-order valence-corrected chi connectivity index (χ1v) is 7.98. The van der Waals surface area contributed by atoms with Crippen molar-refractivity contribution in [2.75, 3.05) is 32.3 Å². The molecule has 3 rings (SSSR count). The van der Waals surface area contributed by atoms with Crippen molar-refractivity contribution in [3.63, 3.8) is 0 Å². The number of methoxy groups -OCH3 is 1. The van der Waals surface area contributed by atoms with Crippen LogP contribution in [0.15, 0.2) is 30.5 Å². The Labute approximate surface area is 142 Å². The largest absolute Gasteiger partial charge is 0.497 e. The Morgan fingerprint density at radius 1 is 1.33 bits per heavy atom. The summed E-state index contributed by atoms with van der Waals surface area (Å²) in [7, 11) is 3.60. The van der Waals surface area contributed by atoms with E-state index in [0.717, 1.165) is 17.3 Å². The Kier molecular flexibility index (Phi) is 4.73. The van der Waals surface area contributed by atoms with Crippen LogP contribution in [-0.4, -0.2) is 48.7 Å². The molecule has 0 bridgehead atoms. The van der Waals surface area contributed by atoms with Gasteiger partial charge in [0.15, 0.2) is 12.1 Å². The van der Waals surface area contributed by atoms with Crippen LogP contribution in [-0.2, 0) is 16.0 Å². The Bertz CT molecular complexity index is 676. The molecule has 0 aliphatic carbocycles. The van der Waals surface area contributed by atoms with E-state index in [2.05, 4.69) is 24.2 Å². The molecule has 1 saturated heterocycles. The van der Waals surface area contributed by atoms with E-state index >= 15 is 0 Å². The van der Waals surface area contributed by atoms with Crippen molar-refractivity contribution in [1.82, 2.24) is 15.0 Å². The molecule has 1 aromatic carbocycles. The standard InChI is InChI=1S/C17H24N4O3/c1-17(2)11-23-16(24-12-17)10-21-9-15(18-19-21)20(3)13-6-5-7-14(8-13)22-4/h5-9,16H,10-12H2,1-4H3. The zero-order valence-electron chi connectivity index (χ0n) is 14.6. The van der Waals surface area contributed by atoms with E-state index < -0.39 is 0 Å². The third-order valence-corrected chi connectivity index (χ3v) is 3.97. The highest BCUT2D eigenvalue weighted by atomic mass is 16.7. The molecular formula is C17H24N4O3. The molecule has 0 spiro atoms. The van der Waals surface area contributed by atoms with Gasteiger partial charge in [0.2, 0.25) is 0 Å². The fraction of sp³-hybridized carbons (Fsp3) is 0.529. The monoisotopic (exact) mass is 332 g/mol. The Hall–Kier alpha value is -2.12. The van der Waals surface area contributed by atoms with E-state index in [-0.39, 0.29) is 11.7 Å². The van der Waals surface area contributed by atoms with Crippen molar-refractivity contribution in [2.24, 2.45) is 5.41 Å². The predicted octanol–water partition coefficient (Wildman–Crippen LogP) is 2.45. The fourth-order valence-corrected chi connectivity index (χ4v) is 2.47. The highest BCUT2D eigenvalue weighted by Crippen LogP contribution is 2.26. The molecule has 1 fully saturated rings. The third kappa shape index (κ3) is 3.85. The summed E-state index contributed by atoms with van der Waals surface area (Å²) in [6.45, 7) is 6.14. The molecule has 0 unspecified atom stereocenters. The van der Waals surface area contributed by atoms with Crippen molar-refractivity contribution in [3.05, 3.63) is 30.5 Å². The molecule has 7 nitrogen and oxygen atoms in total. The molecule has 0 atom stereocenters. The van der Waals surface area contributed by atoms with Gasteiger partial charge in [0.05, 0.1) is 33.1 Å². The lowest BCUT2D eigenvalue weighted by Crippen LogP contribution is -2.39. The lowest BCUT2D eigenvalue weighted by Gasteiger charge is -2.34. The van der Waals surface area contributed by atoms with Crippen molar-refractivity contribution in [2.45, 2.75) is 26.7 Å². The highest BCUT2D eigenvalue weighted by Gasteiger charge is 2.28. The topological polar surface area (TPSA) is 61.6 Å². The van der Waals surface area contributed by atoms with Gasteiger partial charge in [0.25, 0.3) is 0 Å². The summed E-state index contributed by atoms with van der Waals surface area (Å²) in [5, 5.41) is 8.40. The third-order valence-electron chi connectivity index (χ3n) is 3.97. The number of nitrogens with zero attached hydrogens (tertiary/aromatic N) is 4. The maximum absolute atomic E-state index is 5.74. The number of ether oxygens (including phenoxy) is 3. The summed E-state index contributed by atoms with van der Waals surface area (Å²) in [5.74, 6) is 1.55. The maximum atomic E-state index is 5.74. The number of hydrogen-bond donors (Lipinski definition) is 0. The maximum Gasteiger partial charge on any atom is 0.177 e. The number of aromatic nitrogens is 3. The van der Waals surface area contributed by atoms with Gasteiger partial charge < -0.3 is 19.1 Å². The first kappa shape index (κ1) is 16.7. The van der Waals surface area contributed by atoms with E-state index in [9.17, 15) is 0 Å². The molecule has 7 heteroatoms. The summed E-state index contributed by atoms with van der Waals surface area (Å²) >= 11 is 0. The van der Waals surface area contributed by atoms with Crippen LogP contribution in [0.1, 0.15) is 13.8 Å². The predicted molar refractivity (Wildman–Crippen MR) is 90.6 cm³/mol. The first-order chi connectivity index (χ1) is 11.5. The second-order valence-electron chi connectivity index (χ2n) is 6.78. The van der Waals surface area contributed by atoms with Gasteiger partial charge in [-0.05, 0) is 12.1 Å². The minimum absolute atomic E-state index is 0.0661. The van der Waals surface area contributed by atoms with E-state index in [4.69, 9.17) is 14.2 Å². The van der Waals surface area contributed by atoms with Crippen LogP contribution in [0.3, 0.4) is 0 Å². The molecule has 130 valence electrons. The zero-order chi connectivity index (χ0) is 17.2. The van der Waals surface area contributed by atoms with Gasteiger partial charge in [-0.15, -0.1) is 5.10 Å². The number of anilines is 2. The minimum Gasteiger partial charge on any atom is -0.497 e. The first-order valence-electron chi connectivity index (χ1n) is 7.98. The minimum atomic E-state index is -0.283. The molecule has 24 heavy (non-hydrogen) atoms. The second kappa shape index (κ2) is 6.78. The zero-order valence-corrected chi connectivity index (χ0v) is 14.6. The van der Waals surface area contributed by atoms with Gasteiger partial charge in [0.1, 0.15) is 5.75 Å². The van der Waals surface area contributed by atoms with Crippen molar-refractivity contribution >= 4 is 11.5 Å². The molecule has 0 amide bonds. The van der Waals surface area contributed by atoms with Crippen LogP contribution < -0.4 is 9.64 Å². The average molecular weight is 332 g/mol. The van der Waals surface area contributed by atoms with E-state index in [1.54, 1.807) is 11.8 Å². The van der Waals surface area contributed by atoms with Crippen LogP contribution in [0.4, 0.5) is 11.5 Å². The number of benzene rings is 1. The molecular weight excluding hydrogens is 308 g/mol. The molecule has 1 aromatic heterocycles. The van der Waals surface area contributed by atoms with Gasteiger partial charge in [0, 0.05) is 24.2 Å². The average Bonchev–Trinajstić information content (AvgIpc) is 3.04. The van der Waals surface area contributed by atoms with Crippen LogP contribution in [0.2, 0.25) is 0 Å². The molecule has 0 N–H and O–H groups in total. The van der Waals surface area contributed by atoms with Crippen LogP contribution >= 0.6 is 0 Å². The number of hydrogen-bond acceptors (Lipinski definition) is 6. The molecule has 2 aromatic rings. The van der Waals surface area contributed by atoms with E-state index in [1.165, 1.54) is 0 Å². The molecule has 1 aliphatic heterocycles. The molecule has 0 saturated carbocycles. The van der Waals surface area contributed by atoms with Gasteiger partial charge in [-0.3, -0.25) is 0 Å². The van der Waals surface area contributed by atoms with Gasteiger partial charge in [-0.1, -0.05) is 25.1 Å². The summed E-state index contributed by atoms with van der Waals surface area (Å²) < 4.78 is 18.5. The van der Waals surface area contributed by atoms with Crippen LogP contribution in [0.5, 0.6) is 5.75 Å². The summed E-state index contributed by atoms with van der Waals surface area (Å²) in [4.78, 5) is 1.96. The van der Waals surface area contributed by atoms with E-state index in [0.29, 0.717) is 19.8 Å². The summed E-state index contributed by atoms with van der Waals surface area (Å²) in [6.07, 6.45) is 1.60. The van der Waals surface area contributed by atoms with Crippen molar-refractivity contribution in [1.29, 1.82) is 0 Å². The van der Waals surface area contributed by atoms with Crippen LogP contribution in [0.25, 0.3) is 0 Å². The smallest absolute Gasteiger partial charge is 0.177 e. The Morgan fingerprint density at radius 3 is 2.79 bits per heavy atom. The number of rotatable bonds is 5. The Morgan fingerprint density at radius 2 is 2.08 bits per heavy atom. The van der Waals surface area contributed by atoms with Gasteiger partial charge >= 0.3 is 0 Å². The summed E-state index contributed by atoms with van der Waals surface area (Å²) in [6, 6.07) is 7.80. The fourth-order valence-electron chi connectivity index (χ4n) is 2.47. The van der Waals surface area contributed by atoms with Gasteiger partial charge in [-0.2, -0.15) is 0 Å². The molecule has 2 heterocycles. The molecule has 1 aliphatic rings. The normalized spacial score (nSPS) is 17.7.